The lowest BCUT2D eigenvalue weighted by atomic mass is 10.2. The van der Waals surface area contributed by atoms with E-state index < -0.39 is 0 Å². The highest BCUT2D eigenvalue weighted by molar-refractivity contribution is 5.70. The van der Waals surface area contributed by atoms with Crippen molar-refractivity contribution >= 4 is 11.4 Å². The smallest absolute Gasteiger partial charge is 0.292 e. The predicted octanol–water partition coefficient (Wildman–Crippen LogP) is 3.49. The molecule has 104 valence electrons. The first-order valence-electron chi connectivity index (χ1n) is 6.44. The van der Waals surface area contributed by atoms with E-state index in [4.69, 9.17) is 0 Å². The summed E-state index contributed by atoms with van der Waals surface area (Å²) in [7, 11) is 0. The van der Waals surface area contributed by atoms with Gasteiger partial charge in [0.05, 0.1) is 11.4 Å². The van der Waals surface area contributed by atoms with Gasteiger partial charge in [0.2, 0.25) is 0 Å². The van der Waals surface area contributed by atoms with Gasteiger partial charge < -0.3 is 0 Å². The third-order valence-electron chi connectivity index (χ3n) is 3.10. The summed E-state index contributed by atoms with van der Waals surface area (Å²) in [5.74, 6) is 0. The Labute approximate surface area is 120 Å². The number of aromatic amines is 2. The van der Waals surface area contributed by atoms with Crippen LogP contribution in [0, 0.1) is 6.92 Å². The monoisotopic (exact) mass is 279 g/mol. The number of rotatable bonds is 3. The lowest BCUT2D eigenvalue weighted by molar-refractivity contribution is 1.06. The van der Waals surface area contributed by atoms with Gasteiger partial charge in [0.15, 0.2) is 5.69 Å². The molecule has 21 heavy (non-hydrogen) atoms. The first-order chi connectivity index (χ1) is 10.3. The number of nitrogens with one attached hydrogen (secondary N) is 2. The van der Waals surface area contributed by atoms with E-state index in [2.05, 4.69) is 25.4 Å². The van der Waals surface area contributed by atoms with Crippen LogP contribution in [0.1, 0.15) is 5.56 Å². The van der Waals surface area contributed by atoms with Crippen LogP contribution in [-0.4, -0.2) is 15.2 Å². The van der Waals surface area contributed by atoms with Crippen LogP contribution in [0.15, 0.2) is 63.8 Å². The Kier molecular flexibility index (Phi) is 3.42. The highest BCUT2D eigenvalue weighted by Crippen LogP contribution is 2.26. The first kappa shape index (κ1) is 13.0. The van der Waals surface area contributed by atoms with Crippen LogP contribution in [0.25, 0.3) is 11.3 Å². The lowest BCUT2D eigenvalue weighted by Crippen LogP contribution is -1.96. The summed E-state index contributed by atoms with van der Waals surface area (Å²) in [4.78, 5) is 15.8. The SMILES string of the molecule is Cc1ccccc1N=Nc1c(-c2ccncc2)[nH][nH]c1=O. The van der Waals surface area contributed by atoms with Gasteiger partial charge in [0, 0.05) is 18.0 Å². The minimum Gasteiger partial charge on any atom is -0.295 e. The van der Waals surface area contributed by atoms with E-state index in [1.54, 1.807) is 24.5 Å². The maximum atomic E-state index is 11.9. The second-order valence-corrected chi connectivity index (χ2v) is 4.53. The molecule has 0 saturated heterocycles. The third kappa shape index (κ3) is 2.64. The summed E-state index contributed by atoms with van der Waals surface area (Å²) in [6.07, 6.45) is 3.31. The van der Waals surface area contributed by atoms with Crippen molar-refractivity contribution in [1.29, 1.82) is 0 Å². The van der Waals surface area contributed by atoms with Crippen molar-refractivity contribution in [1.82, 2.24) is 15.2 Å². The van der Waals surface area contributed by atoms with Crippen LogP contribution < -0.4 is 5.56 Å². The van der Waals surface area contributed by atoms with Crippen LogP contribution in [0.3, 0.4) is 0 Å². The summed E-state index contributed by atoms with van der Waals surface area (Å²) in [5, 5.41) is 13.6. The Balaban J connectivity index is 2.02. The largest absolute Gasteiger partial charge is 0.295 e. The highest BCUT2D eigenvalue weighted by atomic mass is 16.1. The van der Waals surface area contributed by atoms with Crippen molar-refractivity contribution in [2.75, 3.05) is 0 Å². The van der Waals surface area contributed by atoms with Gasteiger partial charge in [-0.1, -0.05) is 18.2 Å². The molecule has 2 heterocycles. The highest BCUT2D eigenvalue weighted by Gasteiger charge is 2.11. The molecule has 3 rings (SSSR count). The van der Waals surface area contributed by atoms with E-state index >= 15 is 0 Å². The van der Waals surface area contributed by atoms with Crippen molar-refractivity contribution in [2.24, 2.45) is 10.2 Å². The van der Waals surface area contributed by atoms with E-state index in [1.807, 2.05) is 31.2 Å². The summed E-state index contributed by atoms with van der Waals surface area (Å²) in [6, 6.07) is 11.2. The number of H-pyrrole nitrogens is 2. The maximum Gasteiger partial charge on any atom is 0.292 e. The molecule has 2 aromatic heterocycles. The van der Waals surface area contributed by atoms with Gasteiger partial charge in [-0.15, -0.1) is 5.11 Å². The average Bonchev–Trinajstić information content (AvgIpc) is 2.88. The van der Waals surface area contributed by atoms with Gasteiger partial charge in [0.25, 0.3) is 5.56 Å². The minimum absolute atomic E-state index is 0.254. The fourth-order valence-electron chi connectivity index (χ4n) is 1.95. The third-order valence-corrected chi connectivity index (χ3v) is 3.10. The Morgan fingerprint density at radius 1 is 1.00 bits per heavy atom. The Bertz CT molecular complexity index is 833. The predicted molar refractivity (Wildman–Crippen MR) is 80.0 cm³/mol. The summed E-state index contributed by atoms with van der Waals surface area (Å²) < 4.78 is 0. The van der Waals surface area contributed by atoms with Gasteiger partial charge >= 0.3 is 0 Å². The van der Waals surface area contributed by atoms with Crippen molar-refractivity contribution in [3.05, 3.63) is 64.7 Å². The Morgan fingerprint density at radius 2 is 1.76 bits per heavy atom. The molecular weight excluding hydrogens is 266 g/mol. The van der Waals surface area contributed by atoms with Gasteiger partial charge in [-0.3, -0.25) is 20.0 Å². The standard InChI is InChI=1S/C15H13N5O/c1-10-4-2-3-5-12(10)17-19-14-13(18-20-15(14)21)11-6-8-16-9-7-11/h2-9H,1H3,(H2,18,20,21). The molecule has 0 aliphatic heterocycles. The van der Waals surface area contributed by atoms with Crippen molar-refractivity contribution in [3.8, 4) is 11.3 Å². The summed E-state index contributed by atoms with van der Waals surface area (Å²) in [5.41, 5.74) is 3.10. The molecule has 1 aromatic carbocycles. The molecule has 0 amide bonds. The summed E-state index contributed by atoms with van der Waals surface area (Å²) >= 11 is 0. The Morgan fingerprint density at radius 3 is 2.52 bits per heavy atom. The van der Waals surface area contributed by atoms with Crippen LogP contribution in [0.2, 0.25) is 0 Å². The molecule has 0 aliphatic rings. The van der Waals surface area contributed by atoms with Gasteiger partial charge in [-0.25, -0.2) is 0 Å². The molecule has 0 atom stereocenters. The second kappa shape index (κ2) is 5.54. The number of pyridine rings is 1. The number of aryl methyl sites for hydroxylation is 1. The van der Waals surface area contributed by atoms with E-state index in [-0.39, 0.29) is 11.2 Å². The Hall–Kier alpha value is -3.02. The number of hydrogen-bond donors (Lipinski definition) is 2. The molecule has 0 unspecified atom stereocenters. The quantitative estimate of drug-likeness (QED) is 0.719. The fraction of sp³-hybridized carbons (Fsp3) is 0.0667. The normalized spacial score (nSPS) is 11.1. The molecule has 6 heteroatoms. The van der Waals surface area contributed by atoms with E-state index in [1.165, 1.54) is 0 Å². The van der Waals surface area contributed by atoms with Gasteiger partial charge in [0.1, 0.15) is 0 Å². The molecular formula is C15H13N5O. The number of azo groups is 1. The summed E-state index contributed by atoms with van der Waals surface area (Å²) in [6.45, 7) is 1.94. The minimum atomic E-state index is -0.306. The van der Waals surface area contributed by atoms with Gasteiger partial charge in [-0.05, 0) is 30.7 Å². The van der Waals surface area contributed by atoms with Crippen LogP contribution >= 0.6 is 0 Å². The number of hydrogen-bond acceptors (Lipinski definition) is 4. The average molecular weight is 279 g/mol. The van der Waals surface area contributed by atoms with E-state index in [0.717, 1.165) is 16.8 Å². The molecule has 0 bridgehead atoms. The number of aromatic nitrogens is 3. The lowest BCUT2D eigenvalue weighted by Gasteiger charge is -1.98. The molecule has 0 spiro atoms. The first-order valence-corrected chi connectivity index (χ1v) is 6.44. The zero-order chi connectivity index (χ0) is 14.7. The zero-order valence-corrected chi connectivity index (χ0v) is 11.4. The van der Waals surface area contributed by atoms with E-state index in [0.29, 0.717) is 5.69 Å². The fourth-order valence-corrected chi connectivity index (χ4v) is 1.95. The molecule has 3 aromatic rings. The van der Waals surface area contributed by atoms with E-state index in [9.17, 15) is 4.79 Å². The molecule has 0 aliphatic carbocycles. The molecule has 0 fully saturated rings. The second-order valence-electron chi connectivity index (χ2n) is 4.53. The molecule has 6 nitrogen and oxygen atoms in total. The van der Waals surface area contributed by atoms with Crippen LogP contribution in [0.5, 0.6) is 0 Å². The molecule has 0 saturated carbocycles. The van der Waals surface area contributed by atoms with Crippen molar-refractivity contribution in [3.63, 3.8) is 0 Å². The van der Waals surface area contributed by atoms with Crippen LogP contribution in [0.4, 0.5) is 11.4 Å². The van der Waals surface area contributed by atoms with Crippen LogP contribution in [-0.2, 0) is 0 Å². The number of benzene rings is 1. The van der Waals surface area contributed by atoms with Crippen molar-refractivity contribution < 1.29 is 0 Å². The molecule has 2 N–H and O–H groups in total. The zero-order valence-electron chi connectivity index (χ0n) is 11.4. The van der Waals surface area contributed by atoms with Gasteiger partial charge in [-0.2, -0.15) is 5.11 Å². The number of nitrogens with zero attached hydrogens (tertiary/aromatic N) is 3. The topological polar surface area (TPSA) is 86.3 Å². The van der Waals surface area contributed by atoms with Crippen molar-refractivity contribution in [2.45, 2.75) is 6.92 Å². The maximum absolute atomic E-state index is 11.9. The molecule has 0 radical (unpaired) electrons.